The minimum Gasteiger partial charge on any atom is -0.486 e. The number of aromatic carboxylic acids is 1. The van der Waals surface area contributed by atoms with Crippen molar-refractivity contribution in [3.8, 4) is 5.75 Å². The lowest BCUT2D eigenvalue weighted by Gasteiger charge is -2.09. The van der Waals surface area contributed by atoms with E-state index >= 15 is 0 Å². The number of halogens is 1. The van der Waals surface area contributed by atoms with Crippen molar-refractivity contribution in [1.82, 2.24) is 9.78 Å². The van der Waals surface area contributed by atoms with E-state index in [4.69, 9.17) is 9.84 Å². The number of hydrogen-bond donors (Lipinski definition) is 1. The molecule has 112 valence electrons. The molecule has 1 aromatic carbocycles. The Balaban J connectivity index is 2.03. The van der Waals surface area contributed by atoms with Gasteiger partial charge in [-0.2, -0.15) is 5.10 Å². The fraction of sp³-hybridized carbons (Fsp3) is 0.333. The number of rotatable bonds is 6. The van der Waals surface area contributed by atoms with E-state index in [9.17, 15) is 4.79 Å². The van der Waals surface area contributed by atoms with Crippen LogP contribution in [0, 0.1) is 0 Å². The van der Waals surface area contributed by atoms with Gasteiger partial charge in [0.05, 0.1) is 15.7 Å². The number of carbonyl (C=O) groups is 1. The maximum Gasteiger partial charge on any atom is 0.335 e. The van der Waals surface area contributed by atoms with E-state index in [1.165, 1.54) is 12.1 Å². The van der Waals surface area contributed by atoms with Gasteiger partial charge >= 0.3 is 5.97 Å². The number of hydrogen-bond acceptors (Lipinski definition) is 3. The predicted octanol–water partition coefficient (Wildman–Crippen LogP) is 3.89. The Hall–Kier alpha value is -1.82. The average Bonchev–Trinajstić information content (AvgIpc) is 2.93. The first-order valence-electron chi connectivity index (χ1n) is 6.71. The molecule has 0 bridgehead atoms. The van der Waals surface area contributed by atoms with Crippen LogP contribution in [0.2, 0.25) is 0 Å². The smallest absolute Gasteiger partial charge is 0.335 e. The molecular formula is C15H17BrN2O3. The zero-order valence-corrected chi connectivity index (χ0v) is 13.5. The van der Waals surface area contributed by atoms with Crippen molar-refractivity contribution >= 4 is 21.9 Å². The predicted molar refractivity (Wildman–Crippen MR) is 82.7 cm³/mol. The molecule has 2 aromatic rings. The summed E-state index contributed by atoms with van der Waals surface area (Å²) >= 11 is 3.31. The van der Waals surface area contributed by atoms with Crippen LogP contribution in [0.4, 0.5) is 0 Å². The summed E-state index contributed by atoms with van der Waals surface area (Å²) < 4.78 is 8.20. The van der Waals surface area contributed by atoms with Crippen LogP contribution in [0.5, 0.6) is 5.75 Å². The number of carboxylic acid groups (broad SMARTS) is 1. The van der Waals surface area contributed by atoms with Gasteiger partial charge < -0.3 is 9.84 Å². The fourth-order valence-corrected chi connectivity index (χ4v) is 2.28. The third kappa shape index (κ3) is 3.85. The van der Waals surface area contributed by atoms with Crippen molar-refractivity contribution in [2.24, 2.45) is 0 Å². The minimum absolute atomic E-state index is 0.218. The van der Waals surface area contributed by atoms with E-state index in [2.05, 4.69) is 34.9 Å². The van der Waals surface area contributed by atoms with Crippen LogP contribution in [0.15, 0.2) is 34.9 Å². The highest BCUT2D eigenvalue weighted by atomic mass is 79.9. The van der Waals surface area contributed by atoms with E-state index in [0.29, 0.717) is 22.9 Å². The molecule has 0 aliphatic heterocycles. The molecule has 0 aliphatic carbocycles. The van der Waals surface area contributed by atoms with Crippen molar-refractivity contribution < 1.29 is 14.6 Å². The lowest BCUT2D eigenvalue weighted by Crippen LogP contribution is -2.06. The van der Waals surface area contributed by atoms with Gasteiger partial charge in [-0.05, 0) is 53.5 Å². The molecule has 0 fully saturated rings. The average molecular weight is 353 g/mol. The molecule has 6 heteroatoms. The Labute approximate surface area is 131 Å². The van der Waals surface area contributed by atoms with Crippen molar-refractivity contribution in [2.75, 3.05) is 0 Å². The summed E-state index contributed by atoms with van der Waals surface area (Å²) in [5.41, 5.74) is 1.06. The van der Waals surface area contributed by atoms with Crippen molar-refractivity contribution in [3.63, 3.8) is 0 Å². The van der Waals surface area contributed by atoms with E-state index in [0.717, 1.165) is 12.1 Å². The van der Waals surface area contributed by atoms with Crippen LogP contribution < -0.4 is 4.74 Å². The zero-order valence-electron chi connectivity index (χ0n) is 11.9. The number of nitrogens with zero attached hydrogens (tertiary/aromatic N) is 2. The molecule has 1 atom stereocenters. The Morgan fingerprint density at radius 3 is 2.86 bits per heavy atom. The molecule has 5 nitrogen and oxygen atoms in total. The van der Waals surface area contributed by atoms with E-state index in [-0.39, 0.29) is 5.56 Å². The van der Waals surface area contributed by atoms with Gasteiger partial charge in [0.2, 0.25) is 0 Å². The van der Waals surface area contributed by atoms with Gasteiger partial charge in [0.15, 0.2) is 0 Å². The third-order valence-electron chi connectivity index (χ3n) is 3.26. The largest absolute Gasteiger partial charge is 0.486 e. The molecule has 2 rings (SSSR count). The van der Waals surface area contributed by atoms with E-state index < -0.39 is 5.97 Å². The normalized spacial score (nSPS) is 12.1. The first kappa shape index (κ1) is 15.6. The summed E-state index contributed by atoms with van der Waals surface area (Å²) in [5, 5.41) is 13.4. The van der Waals surface area contributed by atoms with Gasteiger partial charge in [-0.3, -0.25) is 4.68 Å². The second-order valence-electron chi connectivity index (χ2n) is 4.78. The van der Waals surface area contributed by atoms with Gasteiger partial charge in [0, 0.05) is 12.2 Å². The van der Waals surface area contributed by atoms with Crippen LogP contribution >= 0.6 is 15.9 Å². The molecule has 0 saturated heterocycles. The van der Waals surface area contributed by atoms with Gasteiger partial charge in [-0.25, -0.2) is 4.79 Å². The van der Waals surface area contributed by atoms with Gasteiger partial charge in [0.1, 0.15) is 12.4 Å². The fourth-order valence-electron chi connectivity index (χ4n) is 1.79. The summed E-state index contributed by atoms with van der Waals surface area (Å²) in [6.45, 7) is 4.57. The van der Waals surface area contributed by atoms with Crippen LogP contribution in [0.1, 0.15) is 42.4 Å². The van der Waals surface area contributed by atoms with Crippen LogP contribution in [-0.4, -0.2) is 20.9 Å². The third-order valence-corrected chi connectivity index (χ3v) is 3.88. The second-order valence-corrected chi connectivity index (χ2v) is 5.64. The summed E-state index contributed by atoms with van der Waals surface area (Å²) in [6.07, 6.45) is 2.96. The summed E-state index contributed by atoms with van der Waals surface area (Å²) in [7, 11) is 0. The molecule has 21 heavy (non-hydrogen) atoms. The molecule has 1 unspecified atom stereocenters. The van der Waals surface area contributed by atoms with E-state index in [1.807, 2.05) is 16.9 Å². The van der Waals surface area contributed by atoms with Crippen LogP contribution in [0.3, 0.4) is 0 Å². The number of aromatic nitrogens is 2. The highest BCUT2D eigenvalue weighted by molar-refractivity contribution is 9.10. The standard InChI is InChI=1S/C15H17BrN2O3/c1-3-10(2)18-7-6-12(17-18)9-21-14-5-4-11(15(19)20)8-13(14)16/h4-8,10H,3,9H2,1-2H3,(H,19,20). The Kier molecular flexibility index (Phi) is 5.01. The minimum atomic E-state index is -0.963. The molecule has 1 N–H and O–H groups in total. The van der Waals surface area contributed by atoms with Crippen molar-refractivity contribution in [2.45, 2.75) is 32.9 Å². The lowest BCUT2D eigenvalue weighted by molar-refractivity contribution is 0.0696. The SMILES string of the molecule is CCC(C)n1ccc(COc2ccc(C(=O)O)cc2Br)n1. The Bertz CT molecular complexity index is 640. The Morgan fingerprint density at radius 1 is 1.48 bits per heavy atom. The Morgan fingerprint density at radius 2 is 2.24 bits per heavy atom. The molecule has 1 heterocycles. The van der Waals surface area contributed by atoms with Gasteiger partial charge in [0.25, 0.3) is 0 Å². The van der Waals surface area contributed by atoms with Crippen molar-refractivity contribution in [1.29, 1.82) is 0 Å². The second kappa shape index (κ2) is 6.76. The quantitative estimate of drug-likeness (QED) is 0.856. The van der Waals surface area contributed by atoms with E-state index in [1.54, 1.807) is 6.07 Å². The summed E-state index contributed by atoms with van der Waals surface area (Å²) in [6, 6.07) is 6.96. The number of ether oxygens (including phenoxy) is 1. The maximum atomic E-state index is 10.9. The monoisotopic (exact) mass is 352 g/mol. The van der Waals surface area contributed by atoms with Crippen LogP contribution in [0.25, 0.3) is 0 Å². The molecule has 0 radical (unpaired) electrons. The highest BCUT2D eigenvalue weighted by Gasteiger charge is 2.09. The zero-order chi connectivity index (χ0) is 15.4. The highest BCUT2D eigenvalue weighted by Crippen LogP contribution is 2.26. The molecule has 0 spiro atoms. The molecule has 1 aromatic heterocycles. The topological polar surface area (TPSA) is 64.3 Å². The van der Waals surface area contributed by atoms with Gasteiger partial charge in [-0.15, -0.1) is 0 Å². The molecule has 0 amide bonds. The molecule has 0 aliphatic rings. The lowest BCUT2D eigenvalue weighted by atomic mass is 10.2. The van der Waals surface area contributed by atoms with Gasteiger partial charge in [-0.1, -0.05) is 6.92 Å². The summed E-state index contributed by atoms with van der Waals surface area (Å²) in [4.78, 5) is 10.9. The first-order valence-corrected chi connectivity index (χ1v) is 7.50. The van der Waals surface area contributed by atoms with Crippen LogP contribution in [-0.2, 0) is 6.61 Å². The number of benzene rings is 1. The molecular weight excluding hydrogens is 336 g/mol. The maximum absolute atomic E-state index is 10.9. The first-order chi connectivity index (χ1) is 10.0. The van der Waals surface area contributed by atoms with Crippen molar-refractivity contribution in [3.05, 3.63) is 46.2 Å². The molecule has 0 saturated carbocycles. The number of carboxylic acids is 1. The summed E-state index contributed by atoms with van der Waals surface area (Å²) in [5.74, 6) is -0.368.